The molecule has 0 saturated carbocycles. The molecule has 0 fully saturated rings. The first kappa shape index (κ1) is 22.9. The Kier molecular flexibility index (Phi) is 6.76. The number of sulfonamides is 1. The summed E-state index contributed by atoms with van der Waals surface area (Å²) in [5, 5.41) is 9.61. The molecule has 3 aromatic rings. The minimum Gasteiger partial charge on any atom is -0.480 e. The molecule has 0 unspecified atom stereocenters. The van der Waals surface area contributed by atoms with Crippen LogP contribution in [0.25, 0.3) is 11.0 Å². The molecule has 0 aliphatic carbocycles. The number of likely N-dealkylation sites (N-methyl/N-ethyl adjacent to an activating group) is 1. The number of H-pyrrole nitrogens is 1. The van der Waals surface area contributed by atoms with Gasteiger partial charge in [-0.25, -0.2) is 13.4 Å². The van der Waals surface area contributed by atoms with E-state index in [1.165, 1.54) is 12.1 Å². The van der Waals surface area contributed by atoms with Crippen molar-refractivity contribution in [2.24, 2.45) is 5.92 Å². The Morgan fingerprint density at radius 2 is 1.87 bits per heavy atom. The molecule has 2 aromatic heterocycles. The fourth-order valence-electron chi connectivity index (χ4n) is 3.70. The fraction of sp³-hybridized carbons (Fsp3) is 0.409. The van der Waals surface area contributed by atoms with Crippen molar-refractivity contribution in [1.29, 1.82) is 0 Å². The van der Waals surface area contributed by atoms with Gasteiger partial charge >= 0.3 is 5.97 Å². The Morgan fingerprint density at radius 3 is 2.45 bits per heavy atom. The maximum absolute atomic E-state index is 13.2. The van der Waals surface area contributed by atoms with E-state index in [-0.39, 0.29) is 23.8 Å². The lowest BCUT2D eigenvalue weighted by Gasteiger charge is -2.28. The van der Waals surface area contributed by atoms with Crippen molar-refractivity contribution in [1.82, 2.24) is 19.3 Å². The number of nitrogens with zero attached hydrogens (tertiary/aromatic N) is 3. The summed E-state index contributed by atoms with van der Waals surface area (Å²) < 4.78 is 27.4. The van der Waals surface area contributed by atoms with Crippen molar-refractivity contribution >= 4 is 27.0 Å². The normalized spacial score (nSPS) is 13.2. The van der Waals surface area contributed by atoms with Crippen LogP contribution in [0.4, 0.5) is 0 Å². The average molecular weight is 445 g/mol. The Hall–Kier alpha value is -2.78. The minimum absolute atomic E-state index is 0.0496. The molecule has 0 aliphatic heterocycles. The number of aryl methyl sites for hydroxylation is 1. The maximum atomic E-state index is 13.2. The first-order chi connectivity index (χ1) is 14.6. The maximum Gasteiger partial charge on any atom is 0.322 e. The van der Waals surface area contributed by atoms with E-state index in [9.17, 15) is 18.3 Å². The third-order valence-electron chi connectivity index (χ3n) is 5.14. The monoisotopic (exact) mass is 444 g/mol. The Labute approximate surface area is 182 Å². The van der Waals surface area contributed by atoms with Gasteiger partial charge in [-0.1, -0.05) is 32.9 Å². The molecule has 1 aromatic carbocycles. The molecule has 2 N–H and O–H groups in total. The van der Waals surface area contributed by atoms with E-state index < -0.39 is 22.0 Å². The van der Waals surface area contributed by atoms with Gasteiger partial charge in [-0.3, -0.25) is 9.78 Å². The van der Waals surface area contributed by atoms with Crippen LogP contribution in [-0.4, -0.2) is 51.3 Å². The number of fused-ring (bicyclic) bond motifs is 1. The van der Waals surface area contributed by atoms with E-state index in [1.807, 2.05) is 26.8 Å². The van der Waals surface area contributed by atoms with Gasteiger partial charge in [0.1, 0.15) is 17.4 Å². The minimum atomic E-state index is -3.94. The number of nitrogens with one attached hydrogen (secondary N) is 1. The average Bonchev–Trinajstić information content (AvgIpc) is 3.09. The smallest absolute Gasteiger partial charge is 0.322 e. The number of carboxylic acids is 1. The number of aromatic amines is 1. The molecule has 0 saturated heterocycles. The molecule has 0 radical (unpaired) electrons. The largest absolute Gasteiger partial charge is 0.480 e. The summed E-state index contributed by atoms with van der Waals surface area (Å²) in [5.74, 6) is -0.280. The predicted molar refractivity (Wildman–Crippen MR) is 118 cm³/mol. The molecule has 31 heavy (non-hydrogen) atoms. The van der Waals surface area contributed by atoms with Crippen LogP contribution in [0.2, 0.25) is 0 Å². The number of imidazole rings is 1. The summed E-state index contributed by atoms with van der Waals surface area (Å²) >= 11 is 0. The van der Waals surface area contributed by atoms with Crippen molar-refractivity contribution < 1.29 is 18.3 Å². The zero-order valence-corrected chi connectivity index (χ0v) is 19.0. The molecule has 0 bridgehead atoms. The molecule has 0 amide bonds. The molecule has 0 aliphatic rings. The topological polar surface area (TPSA) is 116 Å². The number of aromatic nitrogens is 3. The standard InChI is InChI=1S/C22H28N4O4S/c1-5-26(20(22(27)28)12-14(2)3)31(29,30)17-8-6-16(7-9-17)13-19-21-18(10-11-23-19)24-15(4)25-21/h6-11,14,20H,5,12-13H2,1-4H3,(H,24,25)(H,27,28)/t20-/m0/s1. The molecule has 1 atom stereocenters. The number of pyridine rings is 1. The lowest BCUT2D eigenvalue weighted by molar-refractivity contribution is -0.142. The summed E-state index contributed by atoms with van der Waals surface area (Å²) in [6, 6.07) is 7.29. The number of hydrogen-bond donors (Lipinski definition) is 2. The molecule has 166 valence electrons. The molecule has 8 nitrogen and oxygen atoms in total. The van der Waals surface area contributed by atoms with Crippen molar-refractivity contribution in [3.05, 3.63) is 53.6 Å². The van der Waals surface area contributed by atoms with Gasteiger partial charge in [0.15, 0.2) is 0 Å². The van der Waals surface area contributed by atoms with Gasteiger partial charge in [-0.05, 0) is 43.0 Å². The first-order valence-electron chi connectivity index (χ1n) is 10.3. The van der Waals surface area contributed by atoms with Crippen molar-refractivity contribution in [3.63, 3.8) is 0 Å². The van der Waals surface area contributed by atoms with Gasteiger partial charge in [0, 0.05) is 19.2 Å². The third-order valence-corrected chi connectivity index (χ3v) is 7.13. The van der Waals surface area contributed by atoms with Crippen LogP contribution < -0.4 is 0 Å². The van der Waals surface area contributed by atoms with E-state index >= 15 is 0 Å². The highest BCUT2D eigenvalue weighted by molar-refractivity contribution is 7.89. The molecule has 2 heterocycles. The molecule has 0 spiro atoms. The summed E-state index contributed by atoms with van der Waals surface area (Å²) in [6.07, 6.45) is 2.47. The molecular formula is C22H28N4O4S. The van der Waals surface area contributed by atoms with Crippen LogP contribution >= 0.6 is 0 Å². The summed E-state index contributed by atoms with van der Waals surface area (Å²) in [4.78, 5) is 23.9. The highest BCUT2D eigenvalue weighted by Gasteiger charge is 2.35. The lowest BCUT2D eigenvalue weighted by Crippen LogP contribution is -2.45. The van der Waals surface area contributed by atoms with Crippen LogP contribution in [0.5, 0.6) is 0 Å². The predicted octanol–water partition coefficient (Wildman–Crippen LogP) is 3.37. The first-order valence-corrected chi connectivity index (χ1v) is 11.7. The second kappa shape index (κ2) is 9.15. The van der Waals surface area contributed by atoms with Crippen LogP contribution in [0.1, 0.15) is 44.3 Å². The number of aliphatic carboxylic acids is 1. The number of rotatable bonds is 9. The van der Waals surface area contributed by atoms with E-state index in [0.29, 0.717) is 6.42 Å². The van der Waals surface area contributed by atoms with Gasteiger partial charge in [0.05, 0.1) is 16.1 Å². The van der Waals surface area contributed by atoms with Crippen LogP contribution in [0.3, 0.4) is 0 Å². The van der Waals surface area contributed by atoms with Crippen molar-refractivity contribution in [3.8, 4) is 0 Å². The van der Waals surface area contributed by atoms with Gasteiger partial charge < -0.3 is 10.1 Å². The van der Waals surface area contributed by atoms with E-state index in [0.717, 1.165) is 32.4 Å². The Bertz CT molecular complexity index is 1170. The highest BCUT2D eigenvalue weighted by atomic mass is 32.2. The second-order valence-corrected chi connectivity index (χ2v) is 9.88. The Balaban J connectivity index is 1.87. The molecule has 9 heteroatoms. The number of carboxylic acid groups (broad SMARTS) is 1. The Morgan fingerprint density at radius 1 is 1.19 bits per heavy atom. The quantitative estimate of drug-likeness (QED) is 0.523. The van der Waals surface area contributed by atoms with Crippen LogP contribution in [0, 0.1) is 12.8 Å². The lowest BCUT2D eigenvalue weighted by atomic mass is 10.0. The van der Waals surface area contributed by atoms with E-state index in [2.05, 4.69) is 15.0 Å². The zero-order valence-electron chi connectivity index (χ0n) is 18.2. The van der Waals surface area contributed by atoms with E-state index in [4.69, 9.17) is 0 Å². The summed E-state index contributed by atoms with van der Waals surface area (Å²) in [5.41, 5.74) is 3.40. The van der Waals surface area contributed by atoms with Crippen molar-refractivity contribution in [2.75, 3.05) is 6.54 Å². The third kappa shape index (κ3) is 4.94. The van der Waals surface area contributed by atoms with Gasteiger partial charge in [0.25, 0.3) is 0 Å². The second-order valence-electron chi connectivity index (χ2n) is 7.99. The van der Waals surface area contributed by atoms with Gasteiger partial charge in [0.2, 0.25) is 10.0 Å². The van der Waals surface area contributed by atoms with E-state index in [1.54, 1.807) is 25.3 Å². The SMILES string of the molecule is CCN([C@@H](CC(C)C)C(=O)O)S(=O)(=O)c1ccc(Cc2nccc3[nH]c(C)nc23)cc1. The fourth-order valence-corrected chi connectivity index (χ4v) is 5.30. The van der Waals surface area contributed by atoms with Crippen molar-refractivity contribution in [2.45, 2.75) is 51.5 Å². The van der Waals surface area contributed by atoms with Crippen LogP contribution in [-0.2, 0) is 21.2 Å². The van der Waals surface area contributed by atoms with Gasteiger partial charge in [-0.15, -0.1) is 0 Å². The van der Waals surface area contributed by atoms with Crippen LogP contribution in [0.15, 0.2) is 41.4 Å². The van der Waals surface area contributed by atoms with Gasteiger partial charge in [-0.2, -0.15) is 4.31 Å². The number of carbonyl (C=O) groups is 1. The summed E-state index contributed by atoms with van der Waals surface area (Å²) in [6.45, 7) is 7.37. The number of hydrogen-bond acceptors (Lipinski definition) is 5. The number of benzene rings is 1. The molecular weight excluding hydrogens is 416 g/mol. The summed E-state index contributed by atoms with van der Waals surface area (Å²) in [7, 11) is -3.94. The highest BCUT2D eigenvalue weighted by Crippen LogP contribution is 2.24. The molecule has 3 rings (SSSR count). The zero-order chi connectivity index (χ0) is 22.8.